The summed E-state index contributed by atoms with van der Waals surface area (Å²) in [5.41, 5.74) is 2.97. The Labute approximate surface area is 141 Å². The summed E-state index contributed by atoms with van der Waals surface area (Å²) < 4.78 is 27.7. The number of pyridine rings is 1. The van der Waals surface area contributed by atoms with Crippen molar-refractivity contribution in [1.29, 1.82) is 0 Å². The third-order valence-electron chi connectivity index (χ3n) is 3.99. The molecule has 1 N–H and O–H groups in total. The van der Waals surface area contributed by atoms with Crippen molar-refractivity contribution in [3.63, 3.8) is 0 Å². The van der Waals surface area contributed by atoms with Crippen molar-refractivity contribution in [1.82, 2.24) is 4.98 Å². The van der Waals surface area contributed by atoms with Gasteiger partial charge in [0.25, 0.3) is 10.0 Å². The Morgan fingerprint density at radius 3 is 2.75 bits per heavy atom. The van der Waals surface area contributed by atoms with E-state index in [1.54, 1.807) is 29.3 Å². The fraction of sp³-hybridized carbons (Fsp3) is 0.294. The van der Waals surface area contributed by atoms with Crippen LogP contribution in [0.2, 0.25) is 0 Å². The molecular formula is C17H19N3O3S. The lowest BCUT2D eigenvalue weighted by molar-refractivity contribution is -0.116. The second-order valence-corrected chi connectivity index (χ2v) is 7.60. The molecule has 0 unspecified atom stereocenters. The van der Waals surface area contributed by atoms with Crippen molar-refractivity contribution in [2.24, 2.45) is 0 Å². The lowest BCUT2D eigenvalue weighted by atomic mass is 10.0. The SMILES string of the molecule is CC(=O)N1CCCc2cc(S(=O)(=O)Nc3cncc(C)c3)ccc21. The quantitative estimate of drug-likeness (QED) is 0.927. The molecule has 0 saturated heterocycles. The number of hydrogen-bond acceptors (Lipinski definition) is 4. The average molecular weight is 345 g/mol. The fourth-order valence-electron chi connectivity index (χ4n) is 2.89. The second-order valence-electron chi connectivity index (χ2n) is 5.92. The molecule has 24 heavy (non-hydrogen) atoms. The second kappa shape index (κ2) is 6.24. The maximum atomic E-state index is 12.6. The third-order valence-corrected chi connectivity index (χ3v) is 5.37. The maximum Gasteiger partial charge on any atom is 0.261 e. The highest BCUT2D eigenvalue weighted by Gasteiger charge is 2.23. The van der Waals surface area contributed by atoms with Crippen LogP contribution in [0.25, 0.3) is 0 Å². The van der Waals surface area contributed by atoms with E-state index >= 15 is 0 Å². The molecule has 2 aromatic rings. The summed E-state index contributed by atoms with van der Waals surface area (Å²) in [6.07, 6.45) is 4.72. The average Bonchev–Trinajstić information content (AvgIpc) is 2.53. The minimum atomic E-state index is -3.69. The molecule has 0 spiro atoms. The number of amides is 1. The molecule has 1 aromatic carbocycles. The van der Waals surface area contributed by atoms with Gasteiger partial charge in [-0.25, -0.2) is 8.42 Å². The van der Waals surface area contributed by atoms with Gasteiger partial charge in [-0.2, -0.15) is 0 Å². The number of aromatic nitrogens is 1. The Morgan fingerprint density at radius 2 is 2.04 bits per heavy atom. The monoisotopic (exact) mass is 345 g/mol. The van der Waals surface area contributed by atoms with Gasteiger partial charge in [0.1, 0.15) is 0 Å². The number of benzene rings is 1. The van der Waals surface area contributed by atoms with Crippen LogP contribution in [-0.4, -0.2) is 25.9 Å². The number of rotatable bonds is 3. The zero-order valence-electron chi connectivity index (χ0n) is 13.6. The zero-order chi connectivity index (χ0) is 17.3. The Balaban J connectivity index is 1.93. The van der Waals surface area contributed by atoms with Crippen molar-refractivity contribution < 1.29 is 13.2 Å². The van der Waals surface area contributed by atoms with Crippen LogP contribution in [0.4, 0.5) is 11.4 Å². The molecule has 0 bridgehead atoms. The summed E-state index contributed by atoms with van der Waals surface area (Å²) in [7, 11) is -3.69. The van der Waals surface area contributed by atoms with Crippen LogP contribution < -0.4 is 9.62 Å². The van der Waals surface area contributed by atoms with E-state index in [-0.39, 0.29) is 10.8 Å². The molecule has 0 saturated carbocycles. The molecule has 3 rings (SSSR count). The minimum absolute atomic E-state index is 0.0319. The van der Waals surface area contributed by atoms with Crippen LogP contribution in [0.5, 0.6) is 0 Å². The van der Waals surface area contributed by atoms with Gasteiger partial charge < -0.3 is 4.90 Å². The number of nitrogens with zero attached hydrogens (tertiary/aromatic N) is 2. The number of nitrogens with one attached hydrogen (secondary N) is 1. The zero-order valence-corrected chi connectivity index (χ0v) is 14.4. The van der Waals surface area contributed by atoms with E-state index in [0.717, 1.165) is 29.7 Å². The summed E-state index contributed by atoms with van der Waals surface area (Å²) in [6.45, 7) is 4.04. The van der Waals surface area contributed by atoms with E-state index in [0.29, 0.717) is 12.2 Å². The highest BCUT2D eigenvalue weighted by Crippen LogP contribution is 2.30. The molecule has 0 aliphatic carbocycles. The third kappa shape index (κ3) is 3.26. The largest absolute Gasteiger partial charge is 0.312 e. The maximum absolute atomic E-state index is 12.6. The van der Waals surface area contributed by atoms with E-state index in [2.05, 4.69) is 9.71 Å². The Kier molecular flexibility index (Phi) is 4.28. The van der Waals surface area contributed by atoms with Gasteiger partial charge in [-0.15, -0.1) is 0 Å². The summed E-state index contributed by atoms with van der Waals surface area (Å²) in [4.78, 5) is 17.6. The number of carbonyl (C=O) groups excluding carboxylic acids is 1. The molecule has 0 radical (unpaired) electrons. The smallest absolute Gasteiger partial charge is 0.261 e. The molecule has 1 aromatic heterocycles. The fourth-order valence-corrected chi connectivity index (χ4v) is 3.98. The van der Waals surface area contributed by atoms with Crippen LogP contribution in [0.1, 0.15) is 24.5 Å². The van der Waals surface area contributed by atoms with Crippen LogP contribution in [0.15, 0.2) is 41.6 Å². The van der Waals surface area contributed by atoms with Gasteiger partial charge in [0.05, 0.1) is 16.8 Å². The van der Waals surface area contributed by atoms with Gasteiger partial charge in [0.2, 0.25) is 5.91 Å². The van der Waals surface area contributed by atoms with Crippen LogP contribution >= 0.6 is 0 Å². The van der Waals surface area contributed by atoms with E-state index in [4.69, 9.17) is 0 Å². The Hall–Kier alpha value is -2.41. The van der Waals surface area contributed by atoms with E-state index in [1.807, 2.05) is 6.92 Å². The molecule has 7 heteroatoms. The number of sulfonamides is 1. The number of carbonyl (C=O) groups is 1. The minimum Gasteiger partial charge on any atom is -0.312 e. The van der Waals surface area contributed by atoms with Crippen molar-refractivity contribution in [2.45, 2.75) is 31.6 Å². The number of anilines is 2. The topological polar surface area (TPSA) is 79.4 Å². The predicted molar refractivity (Wildman–Crippen MR) is 92.6 cm³/mol. The lowest BCUT2D eigenvalue weighted by Crippen LogP contribution is -2.33. The molecule has 126 valence electrons. The van der Waals surface area contributed by atoms with E-state index in [9.17, 15) is 13.2 Å². The van der Waals surface area contributed by atoms with Gasteiger partial charge in [-0.3, -0.25) is 14.5 Å². The highest BCUT2D eigenvalue weighted by molar-refractivity contribution is 7.92. The first kappa shape index (κ1) is 16.4. The Bertz CT molecular complexity index is 894. The summed E-state index contributed by atoms with van der Waals surface area (Å²) in [6, 6.07) is 6.61. The van der Waals surface area contributed by atoms with Gasteiger partial charge in [-0.1, -0.05) is 0 Å². The molecule has 0 fully saturated rings. The van der Waals surface area contributed by atoms with Crippen LogP contribution in [0.3, 0.4) is 0 Å². The number of hydrogen-bond donors (Lipinski definition) is 1. The van der Waals surface area contributed by atoms with Gasteiger partial charge in [0, 0.05) is 25.4 Å². The molecule has 2 heterocycles. The standard InChI is InChI=1S/C17H19N3O3S/c1-12-8-15(11-18-10-12)19-24(22,23)16-5-6-17-14(9-16)4-3-7-20(17)13(2)21/h5-6,8-11,19H,3-4,7H2,1-2H3. The molecular weight excluding hydrogens is 326 g/mol. The van der Waals surface area contributed by atoms with E-state index in [1.165, 1.54) is 19.2 Å². The van der Waals surface area contributed by atoms with Crippen LogP contribution in [-0.2, 0) is 21.2 Å². The van der Waals surface area contributed by atoms with E-state index < -0.39 is 10.0 Å². The number of fused-ring (bicyclic) bond motifs is 1. The molecule has 0 atom stereocenters. The summed E-state index contributed by atoms with van der Waals surface area (Å²) in [5, 5.41) is 0. The highest BCUT2D eigenvalue weighted by atomic mass is 32.2. The van der Waals surface area contributed by atoms with Crippen molar-refractivity contribution >= 4 is 27.3 Å². The van der Waals surface area contributed by atoms with Crippen molar-refractivity contribution in [2.75, 3.05) is 16.2 Å². The first-order valence-electron chi connectivity index (χ1n) is 7.72. The normalized spacial score (nSPS) is 14.2. The molecule has 1 amide bonds. The molecule has 1 aliphatic heterocycles. The van der Waals surface area contributed by atoms with Gasteiger partial charge in [-0.05, 0) is 55.2 Å². The van der Waals surface area contributed by atoms with Crippen molar-refractivity contribution in [3.05, 3.63) is 47.8 Å². The lowest BCUT2D eigenvalue weighted by Gasteiger charge is -2.28. The summed E-state index contributed by atoms with van der Waals surface area (Å²) >= 11 is 0. The predicted octanol–water partition coefficient (Wildman–Crippen LogP) is 2.49. The first-order valence-corrected chi connectivity index (χ1v) is 9.20. The van der Waals surface area contributed by atoms with Crippen molar-refractivity contribution in [3.8, 4) is 0 Å². The Morgan fingerprint density at radius 1 is 1.25 bits per heavy atom. The summed E-state index contributed by atoms with van der Waals surface area (Å²) in [5.74, 6) is -0.0319. The van der Waals surface area contributed by atoms with Gasteiger partial charge >= 0.3 is 0 Å². The number of aryl methyl sites for hydroxylation is 2. The van der Waals surface area contributed by atoms with Crippen LogP contribution in [0, 0.1) is 6.92 Å². The molecule has 6 nitrogen and oxygen atoms in total. The molecule has 1 aliphatic rings. The van der Waals surface area contributed by atoms with Gasteiger partial charge in [0.15, 0.2) is 0 Å². The first-order chi connectivity index (χ1) is 11.4.